The van der Waals surface area contributed by atoms with Crippen LogP contribution in [0.25, 0.3) is 0 Å². The summed E-state index contributed by atoms with van der Waals surface area (Å²) >= 11 is 0. The zero-order valence-electron chi connectivity index (χ0n) is 6.50. The maximum atomic E-state index is 10.7. The number of aliphatic hydroxyl groups is 1. The molecule has 0 saturated heterocycles. The molecular weight excluding hydrogens is 128 g/mol. The molecule has 0 aliphatic heterocycles. The number of carbonyl (C=O) groups excluding carboxylic acids is 1. The molecule has 10 heavy (non-hydrogen) atoms. The van der Waals surface area contributed by atoms with Gasteiger partial charge < -0.3 is 5.11 Å². The van der Waals surface area contributed by atoms with Crippen molar-refractivity contribution in [3.63, 3.8) is 0 Å². The van der Waals surface area contributed by atoms with Gasteiger partial charge in [0.05, 0.1) is 0 Å². The van der Waals surface area contributed by atoms with Gasteiger partial charge in [-0.1, -0.05) is 26.8 Å². The zero-order chi connectivity index (χ0) is 8.15. The lowest BCUT2D eigenvalue weighted by molar-refractivity contribution is -0.124. The molecule has 0 heterocycles. The SMILES string of the molecule is C=CC(=O)C(O)C(C)CC. The second kappa shape index (κ2) is 4.23. The summed E-state index contributed by atoms with van der Waals surface area (Å²) in [6.07, 6.45) is 1.11. The summed E-state index contributed by atoms with van der Waals surface area (Å²) in [6.45, 7) is 7.06. The topological polar surface area (TPSA) is 37.3 Å². The standard InChI is InChI=1S/C8H14O2/c1-4-6(3)8(10)7(9)5-2/h5-6,8,10H,2,4H2,1,3H3. The van der Waals surface area contributed by atoms with Gasteiger partial charge in [-0.05, 0) is 12.0 Å². The van der Waals surface area contributed by atoms with E-state index in [2.05, 4.69) is 6.58 Å². The Morgan fingerprint density at radius 2 is 2.30 bits per heavy atom. The number of rotatable bonds is 4. The highest BCUT2D eigenvalue weighted by Crippen LogP contribution is 2.07. The predicted molar refractivity (Wildman–Crippen MR) is 40.7 cm³/mol. The molecule has 0 rings (SSSR count). The first kappa shape index (κ1) is 9.37. The maximum absolute atomic E-state index is 10.7. The van der Waals surface area contributed by atoms with E-state index >= 15 is 0 Å². The van der Waals surface area contributed by atoms with E-state index in [4.69, 9.17) is 5.11 Å². The third-order valence-electron chi connectivity index (χ3n) is 1.68. The van der Waals surface area contributed by atoms with Gasteiger partial charge in [-0.25, -0.2) is 0 Å². The zero-order valence-corrected chi connectivity index (χ0v) is 6.50. The molecular formula is C8H14O2. The highest BCUT2D eigenvalue weighted by atomic mass is 16.3. The lowest BCUT2D eigenvalue weighted by Gasteiger charge is -2.12. The first-order valence-electron chi connectivity index (χ1n) is 3.47. The second-order valence-corrected chi connectivity index (χ2v) is 2.44. The minimum Gasteiger partial charge on any atom is -0.385 e. The molecule has 0 aromatic carbocycles. The monoisotopic (exact) mass is 142 g/mol. The molecule has 58 valence electrons. The Morgan fingerprint density at radius 3 is 2.60 bits per heavy atom. The molecule has 0 aromatic heterocycles. The average molecular weight is 142 g/mol. The highest BCUT2D eigenvalue weighted by molar-refractivity contribution is 5.92. The van der Waals surface area contributed by atoms with Gasteiger partial charge in [0.2, 0.25) is 0 Å². The third kappa shape index (κ3) is 2.31. The van der Waals surface area contributed by atoms with E-state index in [-0.39, 0.29) is 11.7 Å². The van der Waals surface area contributed by atoms with Crippen molar-refractivity contribution in [2.24, 2.45) is 5.92 Å². The molecule has 0 radical (unpaired) electrons. The van der Waals surface area contributed by atoms with Crippen LogP contribution in [0.2, 0.25) is 0 Å². The molecule has 2 unspecified atom stereocenters. The van der Waals surface area contributed by atoms with E-state index in [9.17, 15) is 4.79 Å². The summed E-state index contributed by atoms with van der Waals surface area (Å²) in [5.41, 5.74) is 0. The van der Waals surface area contributed by atoms with Crippen LogP contribution in [0.4, 0.5) is 0 Å². The normalized spacial score (nSPS) is 15.9. The molecule has 2 atom stereocenters. The Morgan fingerprint density at radius 1 is 1.80 bits per heavy atom. The largest absolute Gasteiger partial charge is 0.385 e. The first-order valence-corrected chi connectivity index (χ1v) is 3.47. The van der Waals surface area contributed by atoms with Gasteiger partial charge in [0, 0.05) is 0 Å². The number of hydrogen-bond acceptors (Lipinski definition) is 2. The van der Waals surface area contributed by atoms with Crippen molar-refractivity contribution in [1.29, 1.82) is 0 Å². The van der Waals surface area contributed by atoms with Crippen molar-refractivity contribution >= 4 is 5.78 Å². The summed E-state index contributed by atoms with van der Waals surface area (Å²) in [7, 11) is 0. The van der Waals surface area contributed by atoms with Crippen LogP contribution < -0.4 is 0 Å². The Hall–Kier alpha value is -0.630. The van der Waals surface area contributed by atoms with Crippen LogP contribution in [0.3, 0.4) is 0 Å². The Balaban J connectivity index is 3.93. The highest BCUT2D eigenvalue weighted by Gasteiger charge is 2.17. The number of aliphatic hydroxyl groups excluding tert-OH is 1. The lowest BCUT2D eigenvalue weighted by atomic mass is 9.99. The number of carbonyl (C=O) groups is 1. The van der Waals surface area contributed by atoms with E-state index in [0.29, 0.717) is 0 Å². The smallest absolute Gasteiger partial charge is 0.183 e. The van der Waals surface area contributed by atoms with Gasteiger partial charge in [0.25, 0.3) is 0 Å². The summed E-state index contributed by atoms with van der Waals surface area (Å²) in [5.74, 6) is -0.250. The van der Waals surface area contributed by atoms with Crippen molar-refractivity contribution in [3.05, 3.63) is 12.7 Å². The van der Waals surface area contributed by atoms with Crippen molar-refractivity contribution in [2.45, 2.75) is 26.4 Å². The summed E-state index contributed by atoms with van der Waals surface area (Å²) in [5, 5.41) is 9.17. The van der Waals surface area contributed by atoms with Crippen LogP contribution in [0.1, 0.15) is 20.3 Å². The van der Waals surface area contributed by atoms with Crippen LogP contribution in [-0.4, -0.2) is 17.0 Å². The summed E-state index contributed by atoms with van der Waals surface area (Å²) in [6, 6.07) is 0. The summed E-state index contributed by atoms with van der Waals surface area (Å²) in [4.78, 5) is 10.7. The first-order chi connectivity index (χ1) is 4.63. The van der Waals surface area contributed by atoms with Gasteiger partial charge in [-0.3, -0.25) is 4.79 Å². The van der Waals surface area contributed by atoms with Crippen LogP contribution in [0.15, 0.2) is 12.7 Å². The molecule has 0 aromatic rings. The van der Waals surface area contributed by atoms with Gasteiger partial charge >= 0.3 is 0 Å². The minimum absolute atomic E-state index is 0.0329. The predicted octanol–water partition coefficient (Wildman–Crippen LogP) is 1.15. The van der Waals surface area contributed by atoms with Crippen LogP contribution in [0, 0.1) is 5.92 Å². The molecule has 0 aliphatic carbocycles. The fourth-order valence-electron chi connectivity index (χ4n) is 0.624. The van der Waals surface area contributed by atoms with Crippen molar-refractivity contribution in [3.8, 4) is 0 Å². The van der Waals surface area contributed by atoms with Gasteiger partial charge in [-0.15, -0.1) is 0 Å². The van der Waals surface area contributed by atoms with E-state index in [1.807, 2.05) is 13.8 Å². The Bertz CT molecular complexity index is 129. The van der Waals surface area contributed by atoms with Gasteiger partial charge in [0.15, 0.2) is 5.78 Å². The van der Waals surface area contributed by atoms with Crippen LogP contribution in [0.5, 0.6) is 0 Å². The maximum Gasteiger partial charge on any atom is 0.183 e. The van der Waals surface area contributed by atoms with E-state index in [1.54, 1.807) is 0 Å². The fourth-order valence-corrected chi connectivity index (χ4v) is 0.624. The molecule has 0 spiro atoms. The molecule has 0 saturated carbocycles. The molecule has 0 fully saturated rings. The van der Waals surface area contributed by atoms with Crippen molar-refractivity contribution in [2.75, 3.05) is 0 Å². The molecule has 2 nitrogen and oxygen atoms in total. The molecule has 0 amide bonds. The average Bonchev–Trinajstić information content (AvgIpc) is 2.00. The Kier molecular flexibility index (Phi) is 3.96. The number of hydrogen-bond donors (Lipinski definition) is 1. The third-order valence-corrected chi connectivity index (χ3v) is 1.68. The van der Waals surface area contributed by atoms with E-state index in [1.165, 1.54) is 0 Å². The van der Waals surface area contributed by atoms with Gasteiger partial charge in [0.1, 0.15) is 6.10 Å². The molecule has 0 bridgehead atoms. The summed E-state index contributed by atoms with van der Waals surface area (Å²) < 4.78 is 0. The van der Waals surface area contributed by atoms with Crippen LogP contribution in [-0.2, 0) is 4.79 Å². The number of ketones is 1. The second-order valence-electron chi connectivity index (χ2n) is 2.44. The minimum atomic E-state index is -0.859. The molecule has 2 heteroatoms. The van der Waals surface area contributed by atoms with Crippen molar-refractivity contribution < 1.29 is 9.90 Å². The molecule has 1 N–H and O–H groups in total. The van der Waals surface area contributed by atoms with E-state index < -0.39 is 6.10 Å². The van der Waals surface area contributed by atoms with E-state index in [0.717, 1.165) is 12.5 Å². The quantitative estimate of drug-likeness (QED) is 0.598. The fraction of sp³-hybridized carbons (Fsp3) is 0.625. The Labute approximate surface area is 61.6 Å². The lowest BCUT2D eigenvalue weighted by Crippen LogP contribution is -2.25. The van der Waals surface area contributed by atoms with Gasteiger partial charge in [-0.2, -0.15) is 0 Å². The molecule has 0 aliphatic rings. The van der Waals surface area contributed by atoms with Crippen molar-refractivity contribution in [1.82, 2.24) is 0 Å². The van der Waals surface area contributed by atoms with Crippen LogP contribution >= 0.6 is 0 Å².